The Morgan fingerprint density at radius 3 is 2.07 bits per heavy atom. The van der Waals surface area contributed by atoms with Crippen molar-refractivity contribution in [3.63, 3.8) is 0 Å². The highest BCUT2D eigenvalue weighted by Crippen LogP contribution is 2.38. The molecule has 0 saturated heterocycles. The van der Waals surface area contributed by atoms with Gasteiger partial charge >= 0.3 is 0 Å². The van der Waals surface area contributed by atoms with E-state index in [-0.39, 0.29) is 6.04 Å². The number of fused-ring (bicyclic) bond motifs is 6. The number of rotatable bonds is 3. The Morgan fingerprint density at radius 2 is 1.20 bits per heavy atom. The molecule has 0 saturated carbocycles. The van der Waals surface area contributed by atoms with Crippen LogP contribution < -0.4 is 5.32 Å². The molecule has 0 radical (unpaired) electrons. The number of thiophene rings is 1. The maximum absolute atomic E-state index is 5.35. The first kappa shape index (κ1) is 25.1. The Labute approximate surface area is 259 Å². The molecule has 208 valence electrons. The average Bonchev–Trinajstić information content (AvgIpc) is 3.64. The molecule has 1 aliphatic heterocycles. The second kappa shape index (κ2) is 10.1. The van der Waals surface area contributed by atoms with Crippen molar-refractivity contribution in [1.29, 1.82) is 0 Å². The maximum atomic E-state index is 5.35. The number of nitrogens with one attached hydrogen (secondary N) is 1. The van der Waals surface area contributed by atoms with Crippen LogP contribution in [0.2, 0.25) is 0 Å². The number of nitrogens with zero attached hydrogens (tertiary/aromatic N) is 2. The standard InChI is InChI=1S/C40H27N3S/c1-3-11-26(12-4-1)28-20-22-37-33(23-28)30-15-7-9-17-36(30)43(37)40-41-34(27-13-5-2-6-14-27)25-35(42-40)29-19-21-32-31-16-8-10-18-38(31)44-39(32)24-29/h1-25,34H,(H,41,42). The Kier molecular flexibility index (Phi) is 5.75. The van der Waals surface area contributed by atoms with Crippen molar-refractivity contribution in [3.05, 3.63) is 163 Å². The fourth-order valence-corrected chi connectivity index (χ4v) is 7.68. The van der Waals surface area contributed by atoms with Crippen molar-refractivity contribution < 1.29 is 0 Å². The molecule has 3 heterocycles. The lowest BCUT2D eigenvalue weighted by Crippen LogP contribution is -2.35. The summed E-state index contributed by atoms with van der Waals surface area (Å²) in [6, 6.07) is 52.0. The van der Waals surface area contributed by atoms with E-state index in [1.807, 2.05) is 11.3 Å². The molecule has 0 bridgehead atoms. The van der Waals surface area contributed by atoms with E-state index < -0.39 is 0 Å². The lowest BCUT2D eigenvalue weighted by molar-refractivity contribution is 0.760. The third kappa shape index (κ3) is 4.07. The van der Waals surface area contributed by atoms with Crippen molar-refractivity contribution in [2.75, 3.05) is 0 Å². The van der Waals surface area contributed by atoms with E-state index in [2.05, 4.69) is 162 Å². The van der Waals surface area contributed by atoms with Gasteiger partial charge in [-0.2, -0.15) is 0 Å². The summed E-state index contributed by atoms with van der Waals surface area (Å²) in [5.74, 6) is 0.825. The van der Waals surface area contributed by atoms with E-state index in [9.17, 15) is 0 Å². The van der Waals surface area contributed by atoms with Gasteiger partial charge in [-0.3, -0.25) is 4.57 Å². The van der Waals surface area contributed by atoms with Crippen LogP contribution in [-0.4, -0.2) is 10.5 Å². The number of benzene rings is 6. The quantitative estimate of drug-likeness (QED) is 0.221. The monoisotopic (exact) mass is 581 g/mol. The zero-order valence-corrected chi connectivity index (χ0v) is 24.6. The topological polar surface area (TPSA) is 29.3 Å². The molecule has 1 aliphatic rings. The second-order valence-electron chi connectivity index (χ2n) is 11.3. The number of aromatic nitrogens is 1. The molecule has 2 aromatic heterocycles. The summed E-state index contributed by atoms with van der Waals surface area (Å²) in [7, 11) is 0. The van der Waals surface area contributed by atoms with E-state index in [1.165, 1.54) is 47.6 Å². The largest absolute Gasteiger partial charge is 0.345 e. The van der Waals surface area contributed by atoms with Gasteiger partial charge in [0.2, 0.25) is 5.96 Å². The molecule has 0 aliphatic carbocycles. The number of para-hydroxylation sites is 1. The molecule has 4 heteroatoms. The normalized spacial score (nSPS) is 15.0. The number of hydrogen-bond donors (Lipinski definition) is 1. The van der Waals surface area contributed by atoms with Crippen molar-refractivity contribution in [2.24, 2.45) is 4.99 Å². The number of aliphatic imine (C=N–C) groups is 1. The smallest absolute Gasteiger partial charge is 0.209 e. The van der Waals surface area contributed by atoms with Crippen LogP contribution in [0, 0.1) is 0 Å². The van der Waals surface area contributed by atoms with Crippen LogP contribution in [0.5, 0.6) is 0 Å². The SMILES string of the molecule is C1=C(c2ccc3c(c2)sc2ccccc23)N=C(n2c3ccccc3c3cc(-c4ccccc4)ccc32)NC1c1ccccc1. The Hall–Kier alpha value is -5.45. The molecular formula is C40H27N3S. The van der Waals surface area contributed by atoms with Gasteiger partial charge in [0.05, 0.1) is 22.8 Å². The summed E-state index contributed by atoms with van der Waals surface area (Å²) >= 11 is 1.84. The van der Waals surface area contributed by atoms with Crippen LogP contribution in [-0.2, 0) is 0 Å². The maximum Gasteiger partial charge on any atom is 0.209 e. The minimum absolute atomic E-state index is 0.0309. The molecule has 1 N–H and O–H groups in total. The van der Waals surface area contributed by atoms with Crippen LogP contribution in [0.25, 0.3) is 58.8 Å². The first-order chi connectivity index (χ1) is 21.8. The van der Waals surface area contributed by atoms with Gasteiger partial charge < -0.3 is 5.32 Å². The van der Waals surface area contributed by atoms with Gasteiger partial charge in [0, 0.05) is 36.5 Å². The van der Waals surface area contributed by atoms with Gasteiger partial charge in [0.25, 0.3) is 0 Å². The average molecular weight is 582 g/mol. The predicted molar refractivity (Wildman–Crippen MR) is 187 cm³/mol. The third-order valence-corrected chi connectivity index (χ3v) is 9.79. The van der Waals surface area contributed by atoms with Gasteiger partial charge in [0.15, 0.2) is 0 Å². The Morgan fingerprint density at radius 1 is 0.523 bits per heavy atom. The molecule has 6 aromatic carbocycles. The third-order valence-electron chi connectivity index (χ3n) is 8.66. The summed E-state index contributed by atoms with van der Waals surface area (Å²) in [6.07, 6.45) is 2.26. The van der Waals surface area contributed by atoms with Gasteiger partial charge in [-0.15, -0.1) is 11.3 Å². The summed E-state index contributed by atoms with van der Waals surface area (Å²) in [6.45, 7) is 0. The van der Waals surface area contributed by atoms with Gasteiger partial charge in [-0.1, -0.05) is 115 Å². The Bertz CT molecular complexity index is 2410. The van der Waals surface area contributed by atoms with Crippen LogP contribution >= 0.6 is 11.3 Å². The Balaban J connectivity index is 1.25. The predicted octanol–water partition coefficient (Wildman–Crippen LogP) is 10.4. The summed E-state index contributed by atoms with van der Waals surface area (Å²) in [5.41, 5.74) is 7.98. The zero-order valence-electron chi connectivity index (χ0n) is 23.8. The van der Waals surface area contributed by atoms with Gasteiger partial charge in [-0.05, 0) is 53.1 Å². The van der Waals surface area contributed by atoms with Gasteiger partial charge in [-0.25, -0.2) is 4.99 Å². The van der Waals surface area contributed by atoms with Crippen molar-refractivity contribution in [1.82, 2.24) is 9.88 Å². The minimum atomic E-state index is -0.0309. The molecule has 1 atom stereocenters. The zero-order chi connectivity index (χ0) is 29.0. The molecule has 0 amide bonds. The molecule has 1 unspecified atom stereocenters. The van der Waals surface area contributed by atoms with E-state index in [4.69, 9.17) is 4.99 Å². The molecule has 0 spiro atoms. The van der Waals surface area contributed by atoms with Crippen molar-refractivity contribution in [3.8, 4) is 11.1 Å². The fraction of sp³-hybridized carbons (Fsp3) is 0.0250. The van der Waals surface area contributed by atoms with Crippen LogP contribution in [0.15, 0.2) is 157 Å². The highest BCUT2D eigenvalue weighted by molar-refractivity contribution is 7.25. The minimum Gasteiger partial charge on any atom is -0.345 e. The van der Waals surface area contributed by atoms with Crippen LogP contribution in [0.1, 0.15) is 17.2 Å². The first-order valence-corrected chi connectivity index (χ1v) is 15.7. The summed E-state index contributed by atoms with van der Waals surface area (Å²) in [4.78, 5) is 5.35. The highest BCUT2D eigenvalue weighted by atomic mass is 32.1. The summed E-state index contributed by atoms with van der Waals surface area (Å²) < 4.78 is 4.88. The summed E-state index contributed by atoms with van der Waals surface area (Å²) in [5, 5.41) is 8.83. The number of hydrogen-bond acceptors (Lipinski definition) is 3. The van der Waals surface area contributed by atoms with E-state index in [0.29, 0.717) is 0 Å². The van der Waals surface area contributed by atoms with Gasteiger partial charge in [0.1, 0.15) is 0 Å². The molecule has 0 fully saturated rings. The molecule has 3 nitrogen and oxygen atoms in total. The van der Waals surface area contributed by atoms with Crippen LogP contribution in [0.3, 0.4) is 0 Å². The molecular weight excluding hydrogens is 555 g/mol. The fourth-order valence-electron chi connectivity index (χ4n) is 6.53. The molecule has 44 heavy (non-hydrogen) atoms. The van der Waals surface area contributed by atoms with Crippen LogP contribution in [0.4, 0.5) is 0 Å². The van der Waals surface area contributed by atoms with E-state index in [0.717, 1.165) is 28.3 Å². The van der Waals surface area contributed by atoms with E-state index in [1.54, 1.807) is 0 Å². The second-order valence-corrected chi connectivity index (χ2v) is 12.4. The lowest BCUT2D eigenvalue weighted by Gasteiger charge is -2.25. The first-order valence-electron chi connectivity index (χ1n) is 14.9. The molecule has 9 rings (SSSR count). The van der Waals surface area contributed by atoms with Crippen molar-refractivity contribution in [2.45, 2.75) is 6.04 Å². The van der Waals surface area contributed by atoms with E-state index >= 15 is 0 Å². The van der Waals surface area contributed by atoms with Crippen molar-refractivity contribution >= 4 is 65.0 Å². The molecule has 8 aromatic rings. The lowest BCUT2D eigenvalue weighted by atomic mass is 10.0. The highest BCUT2D eigenvalue weighted by Gasteiger charge is 2.23.